The summed E-state index contributed by atoms with van der Waals surface area (Å²) in [6, 6.07) is 10.5. The highest BCUT2D eigenvalue weighted by molar-refractivity contribution is 9.09. The smallest absolute Gasteiger partial charge is 0.0799 e. The Morgan fingerprint density at radius 1 is 1.32 bits per heavy atom. The minimum atomic E-state index is 0.307. The van der Waals surface area contributed by atoms with Crippen LogP contribution in [0.5, 0.6) is 0 Å². The molecule has 19 heavy (non-hydrogen) atoms. The van der Waals surface area contributed by atoms with E-state index in [0.29, 0.717) is 6.10 Å². The van der Waals surface area contributed by atoms with Crippen molar-refractivity contribution in [3.8, 4) is 0 Å². The summed E-state index contributed by atoms with van der Waals surface area (Å²) < 4.78 is 5.68. The number of para-hydroxylation sites is 1. The van der Waals surface area contributed by atoms with Gasteiger partial charge in [-0.1, -0.05) is 34.1 Å². The van der Waals surface area contributed by atoms with Gasteiger partial charge in [-0.15, -0.1) is 0 Å². The molecule has 0 N–H and O–H groups in total. The minimum absolute atomic E-state index is 0.307. The van der Waals surface area contributed by atoms with Crippen molar-refractivity contribution in [2.45, 2.75) is 12.6 Å². The monoisotopic (exact) mass is 320 g/mol. The number of hydrogen-bond acceptors (Lipinski definition) is 3. The maximum atomic E-state index is 5.68. The zero-order valence-electron chi connectivity index (χ0n) is 10.8. The van der Waals surface area contributed by atoms with Crippen LogP contribution in [0, 0.1) is 0 Å². The van der Waals surface area contributed by atoms with E-state index in [0.717, 1.165) is 37.1 Å². The molecule has 2 heterocycles. The zero-order chi connectivity index (χ0) is 13.1. The maximum absolute atomic E-state index is 5.68. The maximum Gasteiger partial charge on any atom is 0.0799 e. The van der Waals surface area contributed by atoms with Crippen LogP contribution in [0.25, 0.3) is 10.9 Å². The highest BCUT2D eigenvalue weighted by atomic mass is 79.9. The number of pyridine rings is 1. The number of alkyl halides is 1. The standard InChI is InChI=1S/C15H17BrN2O/c16-9-13-11-18(7-8-19-13)10-12-5-6-17-15-4-2-1-3-14(12)15/h1-6,13H,7-11H2. The van der Waals surface area contributed by atoms with E-state index in [4.69, 9.17) is 4.74 Å². The van der Waals surface area contributed by atoms with Gasteiger partial charge in [-0.2, -0.15) is 0 Å². The molecule has 1 saturated heterocycles. The van der Waals surface area contributed by atoms with Crippen LogP contribution in [0.3, 0.4) is 0 Å². The number of ether oxygens (including phenoxy) is 1. The molecule has 0 amide bonds. The fourth-order valence-corrected chi connectivity index (χ4v) is 2.94. The Balaban J connectivity index is 1.81. The van der Waals surface area contributed by atoms with E-state index in [1.165, 1.54) is 10.9 Å². The van der Waals surface area contributed by atoms with Crippen LogP contribution in [0.4, 0.5) is 0 Å². The fraction of sp³-hybridized carbons (Fsp3) is 0.400. The molecule has 1 fully saturated rings. The van der Waals surface area contributed by atoms with Crippen molar-refractivity contribution >= 4 is 26.8 Å². The van der Waals surface area contributed by atoms with E-state index < -0.39 is 0 Å². The number of benzene rings is 1. The number of fused-ring (bicyclic) bond motifs is 1. The molecule has 4 heteroatoms. The largest absolute Gasteiger partial charge is 0.375 e. The average molecular weight is 321 g/mol. The van der Waals surface area contributed by atoms with Gasteiger partial charge in [0, 0.05) is 36.5 Å². The zero-order valence-corrected chi connectivity index (χ0v) is 12.3. The lowest BCUT2D eigenvalue weighted by Crippen LogP contribution is -2.42. The van der Waals surface area contributed by atoms with Crippen molar-refractivity contribution < 1.29 is 4.74 Å². The van der Waals surface area contributed by atoms with Crippen LogP contribution in [-0.2, 0) is 11.3 Å². The lowest BCUT2D eigenvalue weighted by molar-refractivity contribution is -0.0180. The van der Waals surface area contributed by atoms with Crippen molar-refractivity contribution in [3.05, 3.63) is 42.1 Å². The lowest BCUT2D eigenvalue weighted by atomic mass is 10.1. The molecule has 0 aliphatic carbocycles. The first kappa shape index (κ1) is 13.0. The molecule has 0 saturated carbocycles. The molecular weight excluding hydrogens is 304 g/mol. The average Bonchev–Trinajstić information content (AvgIpc) is 2.48. The fourth-order valence-electron chi connectivity index (χ4n) is 2.55. The van der Waals surface area contributed by atoms with E-state index in [1.807, 2.05) is 12.3 Å². The Morgan fingerprint density at radius 2 is 2.21 bits per heavy atom. The topological polar surface area (TPSA) is 25.4 Å². The normalized spacial score (nSPS) is 20.8. The predicted octanol–water partition coefficient (Wildman–Crippen LogP) is 2.83. The molecule has 100 valence electrons. The molecule has 2 aromatic rings. The molecule has 3 rings (SSSR count). The molecular formula is C15H17BrN2O. The number of hydrogen-bond donors (Lipinski definition) is 0. The Labute approximate surface area is 121 Å². The van der Waals surface area contributed by atoms with Gasteiger partial charge in [0.05, 0.1) is 18.2 Å². The first-order chi connectivity index (χ1) is 9.36. The van der Waals surface area contributed by atoms with Crippen LogP contribution >= 0.6 is 15.9 Å². The van der Waals surface area contributed by atoms with Crippen LogP contribution in [0.15, 0.2) is 36.5 Å². The second kappa shape index (κ2) is 5.99. The summed E-state index contributed by atoms with van der Waals surface area (Å²) in [7, 11) is 0. The van der Waals surface area contributed by atoms with Crippen molar-refractivity contribution in [2.75, 3.05) is 25.0 Å². The molecule has 0 radical (unpaired) electrons. The van der Waals surface area contributed by atoms with E-state index in [-0.39, 0.29) is 0 Å². The molecule has 1 unspecified atom stereocenters. The molecule has 3 nitrogen and oxygen atoms in total. The molecule has 0 bridgehead atoms. The van der Waals surface area contributed by atoms with Crippen LogP contribution in [0.1, 0.15) is 5.56 Å². The van der Waals surface area contributed by atoms with Crippen LogP contribution < -0.4 is 0 Å². The second-order valence-corrected chi connectivity index (χ2v) is 5.52. The van der Waals surface area contributed by atoms with Gasteiger partial charge in [0.25, 0.3) is 0 Å². The summed E-state index contributed by atoms with van der Waals surface area (Å²) in [5.74, 6) is 0. The number of rotatable bonds is 3. The van der Waals surface area contributed by atoms with Gasteiger partial charge in [-0.25, -0.2) is 0 Å². The summed E-state index contributed by atoms with van der Waals surface area (Å²) in [6.45, 7) is 3.78. The van der Waals surface area contributed by atoms with Crippen molar-refractivity contribution in [3.63, 3.8) is 0 Å². The summed E-state index contributed by atoms with van der Waals surface area (Å²) in [4.78, 5) is 6.87. The number of morpholine rings is 1. The van der Waals surface area contributed by atoms with Gasteiger partial charge in [-0.05, 0) is 17.7 Å². The highest BCUT2D eigenvalue weighted by Crippen LogP contribution is 2.19. The second-order valence-electron chi connectivity index (χ2n) is 4.87. The van der Waals surface area contributed by atoms with E-state index in [9.17, 15) is 0 Å². The van der Waals surface area contributed by atoms with Gasteiger partial charge < -0.3 is 4.74 Å². The summed E-state index contributed by atoms with van der Waals surface area (Å²) in [6.07, 6.45) is 2.21. The Kier molecular flexibility index (Phi) is 4.11. The quantitative estimate of drug-likeness (QED) is 0.813. The third kappa shape index (κ3) is 2.96. The van der Waals surface area contributed by atoms with Crippen molar-refractivity contribution in [1.82, 2.24) is 9.88 Å². The van der Waals surface area contributed by atoms with E-state index in [2.05, 4.69) is 50.1 Å². The van der Waals surface area contributed by atoms with Gasteiger partial charge in [0.15, 0.2) is 0 Å². The third-order valence-electron chi connectivity index (χ3n) is 3.53. The minimum Gasteiger partial charge on any atom is -0.375 e. The molecule has 1 aliphatic rings. The first-order valence-electron chi connectivity index (χ1n) is 6.59. The summed E-state index contributed by atoms with van der Waals surface area (Å²) in [5, 5.41) is 2.16. The van der Waals surface area contributed by atoms with Crippen LogP contribution in [-0.4, -0.2) is 41.0 Å². The Hall–Kier alpha value is -0.970. The molecule has 1 atom stereocenters. The third-order valence-corrected chi connectivity index (χ3v) is 4.25. The van der Waals surface area contributed by atoms with Crippen molar-refractivity contribution in [2.24, 2.45) is 0 Å². The predicted molar refractivity (Wildman–Crippen MR) is 80.6 cm³/mol. The van der Waals surface area contributed by atoms with Gasteiger partial charge in [0.1, 0.15) is 0 Å². The summed E-state index contributed by atoms with van der Waals surface area (Å²) >= 11 is 3.50. The molecule has 0 spiro atoms. The van der Waals surface area contributed by atoms with E-state index >= 15 is 0 Å². The highest BCUT2D eigenvalue weighted by Gasteiger charge is 2.19. The Morgan fingerprint density at radius 3 is 3.11 bits per heavy atom. The van der Waals surface area contributed by atoms with Gasteiger partial charge in [0.2, 0.25) is 0 Å². The van der Waals surface area contributed by atoms with Gasteiger partial charge >= 0.3 is 0 Å². The number of halogens is 1. The molecule has 1 aliphatic heterocycles. The number of aromatic nitrogens is 1. The lowest BCUT2D eigenvalue weighted by Gasteiger charge is -2.32. The van der Waals surface area contributed by atoms with Crippen molar-refractivity contribution in [1.29, 1.82) is 0 Å². The first-order valence-corrected chi connectivity index (χ1v) is 7.71. The summed E-state index contributed by atoms with van der Waals surface area (Å²) in [5.41, 5.74) is 2.42. The SMILES string of the molecule is BrCC1CN(Cc2ccnc3ccccc23)CCO1. The van der Waals surface area contributed by atoms with Gasteiger partial charge in [-0.3, -0.25) is 9.88 Å². The Bertz CT molecular complexity index is 555. The number of nitrogens with zero attached hydrogens (tertiary/aromatic N) is 2. The van der Waals surface area contributed by atoms with E-state index in [1.54, 1.807) is 0 Å². The molecule has 1 aromatic heterocycles. The van der Waals surface area contributed by atoms with Crippen LogP contribution in [0.2, 0.25) is 0 Å². The molecule has 1 aromatic carbocycles.